The van der Waals surface area contributed by atoms with Crippen LogP contribution in [0.5, 0.6) is 0 Å². The van der Waals surface area contributed by atoms with E-state index in [0.717, 1.165) is 28.8 Å². The molecule has 1 atom stereocenters. The number of Topliss-reactive ketones (excluding diaryl/α,β-unsaturated/α-hetero) is 1. The molecule has 2 aromatic rings. The summed E-state index contributed by atoms with van der Waals surface area (Å²) in [6, 6.07) is 7.46. The molecule has 0 radical (unpaired) electrons. The van der Waals surface area contributed by atoms with Crippen molar-refractivity contribution in [3.8, 4) is 0 Å². The highest BCUT2D eigenvalue weighted by Gasteiger charge is 2.20. The number of allylic oxidation sites excluding steroid dienone is 2. The molecule has 0 aliphatic rings. The first-order valence-corrected chi connectivity index (χ1v) is 9.09. The Balaban J connectivity index is 2.09. The van der Waals surface area contributed by atoms with Crippen LogP contribution in [0.2, 0.25) is 0 Å². The quantitative estimate of drug-likeness (QED) is 0.316. The molecule has 27 heavy (non-hydrogen) atoms. The van der Waals surface area contributed by atoms with Gasteiger partial charge < -0.3 is 20.8 Å². The zero-order chi connectivity index (χ0) is 19.8. The molecule has 0 fully saturated rings. The van der Waals surface area contributed by atoms with E-state index < -0.39 is 6.04 Å². The topological polar surface area (TPSA) is 93.2 Å². The van der Waals surface area contributed by atoms with Crippen molar-refractivity contribution in [2.45, 2.75) is 39.2 Å². The number of hydrogen-bond donors (Lipinski definition) is 3. The van der Waals surface area contributed by atoms with Crippen molar-refractivity contribution in [3.05, 3.63) is 60.3 Å². The third kappa shape index (κ3) is 5.31. The number of anilines is 1. The highest BCUT2D eigenvalue weighted by Crippen LogP contribution is 2.20. The minimum atomic E-state index is -0.505. The molecule has 0 saturated heterocycles. The number of carbonyl (C=O) groups excluding carboxylic acids is 1. The number of nitrogens with two attached hydrogens (primary N) is 1. The van der Waals surface area contributed by atoms with E-state index in [1.807, 2.05) is 37.3 Å². The van der Waals surface area contributed by atoms with Crippen LogP contribution in [0, 0.1) is 0 Å². The fourth-order valence-electron chi connectivity index (χ4n) is 2.85. The van der Waals surface area contributed by atoms with Gasteiger partial charge in [-0.1, -0.05) is 37.3 Å². The number of oxazole rings is 1. The number of aromatic nitrogens is 1. The van der Waals surface area contributed by atoms with Crippen molar-refractivity contribution in [2.24, 2.45) is 5.73 Å². The van der Waals surface area contributed by atoms with Crippen molar-refractivity contribution in [2.75, 3.05) is 12.0 Å². The number of para-hydroxylation sites is 2. The summed E-state index contributed by atoms with van der Waals surface area (Å²) in [6.45, 7) is 11.6. The summed E-state index contributed by atoms with van der Waals surface area (Å²) in [5.74, 6) is -0.0616. The van der Waals surface area contributed by atoms with Crippen LogP contribution in [0.4, 0.5) is 6.01 Å². The molecule has 4 N–H and O–H groups in total. The Morgan fingerprint density at radius 2 is 2.15 bits per heavy atom. The van der Waals surface area contributed by atoms with E-state index in [4.69, 9.17) is 10.2 Å². The molecule has 1 unspecified atom stereocenters. The lowest BCUT2D eigenvalue weighted by Crippen LogP contribution is -2.33. The van der Waals surface area contributed by atoms with Crippen LogP contribution < -0.4 is 16.4 Å². The van der Waals surface area contributed by atoms with Gasteiger partial charge in [-0.05, 0) is 38.3 Å². The Morgan fingerprint density at radius 3 is 2.78 bits per heavy atom. The van der Waals surface area contributed by atoms with Crippen LogP contribution in [0.3, 0.4) is 0 Å². The molecule has 0 spiro atoms. The standard InChI is InChI=1S/C21H28N4O2/c1-5-7-10-14(3)20(22)19(15(4)26)16(6-2)23-13-24-21-25-17-11-8-9-12-18(17)27-21/h5,8-9,11-12,20,23H,1,3,6-7,10,13,22H2,2,4H3,(H,24,25)/b19-16-. The van der Waals surface area contributed by atoms with Gasteiger partial charge in [-0.2, -0.15) is 4.98 Å². The monoisotopic (exact) mass is 368 g/mol. The van der Waals surface area contributed by atoms with E-state index in [2.05, 4.69) is 28.8 Å². The molecule has 6 nitrogen and oxygen atoms in total. The smallest absolute Gasteiger partial charge is 0.297 e. The van der Waals surface area contributed by atoms with Crippen molar-refractivity contribution >= 4 is 22.9 Å². The molecule has 6 heteroatoms. The van der Waals surface area contributed by atoms with Crippen molar-refractivity contribution in [1.82, 2.24) is 10.3 Å². The Hall–Kier alpha value is -2.86. The van der Waals surface area contributed by atoms with Gasteiger partial charge >= 0.3 is 0 Å². The highest BCUT2D eigenvalue weighted by molar-refractivity contribution is 5.95. The zero-order valence-electron chi connectivity index (χ0n) is 16.0. The van der Waals surface area contributed by atoms with E-state index in [-0.39, 0.29) is 5.78 Å². The Labute approximate surface area is 160 Å². The summed E-state index contributed by atoms with van der Waals surface area (Å²) in [6.07, 6.45) is 3.95. The van der Waals surface area contributed by atoms with Crippen molar-refractivity contribution in [3.63, 3.8) is 0 Å². The number of nitrogens with zero attached hydrogens (tertiary/aromatic N) is 1. The molecule has 0 bridgehead atoms. The van der Waals surface area contributed by atoms with Gasteiger partial charge in [0.05, 0.1) is 12.7 Å². The third-order valence-electron chi connectivity index (χ3n) is 4.31. The second-order valence-corrected chi connectivity index (χ2v) is 6.28. The minimum absolute atomic E-state index is 0.0616. The van der Waals surface area contributed by atoms with Crippen LogP contribution in [-0.4, -0.2) is 23.5 Å². The van der Waals surface area contributed by atoms with Gasteiger partial charge in [0.2, 0.25) is 0 Å². The maximum absolute atomic E-state index is 12.2. The van der Waals surface area contributed by atoms with Gasteiger partial charge in [-0.15, -0.1) is 6.58 Å². The zero-order valence-corrected chi connectivity index (χ0v) is 16.0. The van der Waals surface area contributed by atoms with Gasteiger partial charge in [0.15, 0.2) is 11.4 Å². The lowest BCUT2D eigenvalue weighted by atomic mass is 9.92. The van der Waals surface area contributed by atoms with Crippen molar-refractivity contribution < 1.29 is 9.21 Å². The van der Waals surface area contributed by atoms with Crippen LogP contribution in [0.1, 0.15) is 33.1 Å². The first kappa shape index (κ1) is 20.5. The number of nitrogens with one attached hydrogen (secondary N) is 2. The molecule has 0 aliphatic carbocycles. The SMILES string of the molecule is C=CCCC(=C)C(N)/C(C(C)=O)=C(/CC)NCNc1nc2ccccc2o1. The van der Waals surface area contributed by atoms with Gasteiger partial charge in [-0.3, -0.25) is 4.79 Å². The number of ketones is 1. The molecular weight excluding hydrogens is 340 g/mol. The lowest BCUT2D eigenvalue weighted by molar-refractivity contribution is -0.113. The van der Waals surface area contributed by atoms with Crippen LogP contribution in [-0.2, 0) is 4.79 Å². The third-order valence-corrected chi connectivity index (χ3v) is 4.31. The fourth-order valence-corrected chi connectivity index (χ4v) is 2.85. The van der Waals surface area contributed by atoms with Crippen molar-refractivity contribution in [1.29, 1.82) is 0 Å². The first-order chi connectivity index (χ1) is 13.0. The molecule has 0 amide bonds. The predicted molar refractivity (Wildman–Crippen MR) is 110 cm³/mol. The van der Waals surface area contributed by atoms with E-state index in [1.165, 1.54) is 6.92 Å². The fraction of sp³-hybridized carbons (Fsp3) is 0.333. The van der Waals surface area contributed by atoms with Crippen LogP contribution >= 0.6 is 0 Å². The maximum atomic E-state index is 12.2. The normalized spacial score (nSPS) is 13.0. The molecule has 1 aromatic carbocycles. The Bertz CT molecular complexity index is 818. The summed E-state index contributed by atoms with van der Waals surface area (Å²) < 4.78 is 5.63. The Kier molecular flexibility index (Phi) is 7.37. The highest BCUT2D eigenvalue weighted by atomic mass is 16.4. The first-order valence-electron chi connectivity index (χ1n) is 9.09. The van der Waals surface area contributed by atoms with Gasteiger partial charge in [-0.25, -0.2) is 0 Å². The Morgan fingerprint density at radius 1 is 1.41 bits per heavy atom. The van der Waals surface area contributed by atoms with E-state index in [1.54, 1.807) is 0 Å². The van der Waals surface area contributed by atoms with Gasteiger partial charge in [0, 0.05) is 11.3 Å². The second-order valence-electron chi connectivity index (χ2n) is 6.28. The summed E-state index contributed by atoms with van der Waals surface area (Å²) in [4.78, 5) is 16.6. The second kappa shape index (κ2) is 9.73. The summed E-state index contributed by atoms with van der Waals surface area (Å²) >= 11 is 0. The van der Waals surface area contributed by atoms with E-state index >= 15 is 0 Å². The van der Waals surface area contributed by atoms with E-state index in [0.29, 0.717) is 31.1 Å². The predicted octanol–water partition coefficient (Wildman–Crippen LogP) is 3.89. The average Bonchev–Trinajstić information content (AvgIpc) is 3.07. The molecule has 144 valence electrons. The largest absolute Gasteiger partial charge is 0.424 e. The number of rotatable bonds is 11. The number of fused-ring (bicyclic) bond motifs is 1. The molecule has 2 rings (SSSR count). The molecule has 0 aliphatic heterocycles. The molecular formula is C21H28N4O2. The summed E-state index contributed by atoms with van der Waals surface area (Å²) in [7, 11) is 0. The number of hydrogen-bond acceptors (Lipinski definition) is 6. The van der Waals surface area contributed by atoms with Gasteiger partial charge in [0.25, 0.3) is 6.01 Å². The van der Waals surface area contributed by atoms with Crippen LogP contribution in [0.25, 0.3) is 11.1 Å². The lowest BCUT2D eigenvalue weighted by Gasteiger charge is -2.21. The van der Waals surface area contributed by atoms with E-state index in [9.17, 15) is 4.79 Å². The molecule has 0 saturated carbocycles. The molecule has 1 aromatic heterocycles. The number of benzene rings is 1. The maximum Gasteiger partial charge on any atom is 0.297 e. The average molecular weight is 368 g/mol. The summed E-state index contributed by atoms with van der Waals surface area (Å²) in [5.41, 5.74) is 9.99. The minimum Gasteiger partial charge on any atom is -0.424 e. The molecule has 1 heterocycles. The van der Waals surface area contributed by atoms with Gasteiger partial charge in [0.1, 0.15) is 5.52 Å². The summed E-state index contributed by atoms with van der Waals surface area (Å²) in [5, 5.41) is 6.33. The number of carbonyl (C=O) groups is 1. The van der Waals surface area contributed by atoms with Crippen LogP contribution in [0.15, 0.2) is 64.8 Å².